The first-order valence-electron chi connectivity index (χ1n) is 10.6. The van der Waals surface area contributed by atoms with Crippen LogP contribution in [0, 0.1) is 26.7 Å². The summed E-state index contributed by atoms with van der Waals surface area (Å²) in [5, 5.41) is 9.85. The van der Waals surface area contributed by atoms with E-state index < -0.39 is 0 Å². The fourth-order valence-corrected chi connectivity index (χ4v) is 4.04. The Labute approximate surface area is 190 Å². The number of amides is 1. The van der Waals surface area contributed by atoms with E-state index in [-0.39, 0.29) is 16.7 Å². The Hall–Kier alpha value is -2.72. The van der Waals surface area contributed by atoms with Gasteiger partial charge >= 0.3 is 0 Å². The van der Waals surface area contributed by atoms with Crippen LogP contribution in [0.25, 0.3) is 5.70 Å². The lowest BCUT2D eigenvalue weighted by Gasteiger charge is -2.19. The molecule has 3 rings (SSSR count). The molecule has 1 saturated carbocycles. The number of benzene rings is 2. The van der Waals surface area contributed by atoms with Gasteiger partial charge in [-0.1, -0.05) is 32.2 Å². The minimum absolute atomic E-state index is 0.000678. The van der Waals surface area contributed by atoms with Crippen LogP contribution in [-0.2, 0) is 4.79 Å². The summed E-state index contributed by atoms with van der Waals surface area (Å²) >= 11 is 6.39. The highest BCUT2D eigenvalue weighted by molar-refractivity contribution is 6.26. The third-order valence-corrected chi connectivity index (χ3v) is 6.42. The van der Waals surface area contributed by atoms with Crippen molar-refractivity contribution < 1.29 is 4.79 Å². The maximum atomic E-state index is 11.9. The van der Waals surface area contributed by atoms with Crippen molar-refractivity contribution in [2.24, 2.45) is 5.92 Å². The maximum Gasteiger partial charge on any atom is 0.224 e. The summed E-state index contributed by atoms with van der Waals surface area (Å²) in [5.74, 6) is 0.285. The van der Waals surface area contributed by atoms with Gasteiger partial charge in [-0.2, -0.15) is 0 Å². The molecule has 2 aromatic rings. The lowest BCUT2D eigenvalue weighted by Crippen LogP contribution is -2.13. The number of allylic oxidation sites excluding steroid dienone is 1. The summed E-state index contributed by atoms with van der Waals surface area (Å²) in [4.78, 5) is 11.7. The van der Waals surface area contributed by atoms with Crippen LogP contribution in [0.4, 0.5) is 17.1 Å². The highest BCUT2D eigenvalue weighted by Gasteiger charge is 2.50. The van der Waals surface area contributed by atoms with E-state index in [4.69, 9.17) is 11.6 Å². The standard InChI is InChI=1S/C26H32ClN3O/c1-8-24(31)30-25-16(3)10-12-23(17(25)4)29-18(5)21-13-20(11-9-15(21)2)28-19(6)22-14-26(22,7)27/h9-13,22,28-29H,5-6,8,14H2,1-4,7H3,(H,30,31). The average molecular weight is 438 g/mol. The number of aryl methyl sites for hydroxylation is 2. The molecule has 0 radical (unpaired) electrons. The van der Waals surface area contributed by atoms with Gasteiger partial charge in [0.25, 0.3) is 0 Å². The first-order chi connectivity index (χ1) is 14.5. The Balaban J connectivity index is 1.80. The molecule has 31 heavy (non-hydrogen) atoms. The third-order valence-electron chi connectivity index (χ3n) is 6.00. The Morgan fingerprint density at radius 3 is 2.35 bits per heavy atom. The molecule has 0 aromatic heterocycles. The molecule has 0 saturated heterocycles. The lowest BCUT2D eigenvalue weighted by atomic mass is 10.0. The topological polar surface area (TPSA) is 53.2 Å². The number of anilines is 3. The van der Waals surface area contributed by atoms with Crippen LogP contribution in [0.5, 0.6) is 0 Å². The second-order valence-corrected chi connectivity index (χ2v) is 9.51. The zero-order chi connectivity index (χ0) is 22.9. The van der Waals surface area contributed by atoms with Gasteiger partial charge in [-0.3, -0.25) is 4.79 Å². The second kappa shape index (κ2) is 8.80. The quantitative estimate of drug-likeness (QED) is 0.390. The van der Waals surface area contributed by atoms with Crippen molar-refractivity contribution in [3.05, 3.63) is 71.4 Å². The Morgan fingerprint density at radius 1 is 1.10 bits per heavy atom. The van der Waals surface area contributed by atoms with Crippen molar-refractivity contribution in [1.29, 1.82) is 0 Å². The van der Waals surface area contributed by atoms with Crippen LogP contribution >= 0.6 is 11.6 Å². The monoisotopic (exact) mass is 437 g/mol. The first-order valence-corrected chi connectivity index (χ1v) is 11.0. The number of rotatable bonds is 8. The van der Waals surface area contributed by atoms with Crippen molar-refractivity contribution >= 4 is 40.3 Å². The fraction of sp³-hybridized carbons (Fsp3) is 0.346. The molecule has 1 amide bonds. The molecule has 3 N–H and O–H groups in total. The summed E-state index contributed by atoms with van der Waals surface area (Å²) in [6, 6.07) is 10.2. The molecule has 1 aliphatic carbocycles. The molecule has 2 aromatic carbocycles. The van der Waals surface area contributed by atoms with Crippen molar-refractivity contribution in [1.82, 2.24) is 0 Å². The number of alkyl halides is 1. The number of nitrogens with one attached hydrogen (secondary N) is 3. The highest BCUT2D eigenvalue weighted by atomic mass is 35.5. The Bertz CT molecular complexity index is 1050. The molecule has 164 valence electrons. The summed E-state index contributed by atoms with van der Waals surface area (Å²) < 4.78 is 0. The Morgan fingerprint density at radius 2 is 1.74 bits per heavy atom. The summed E-state index contributed by atoms with van der Waals surface area (Å²) in [6.07, 6.45) is 1.38. The molecule has 0 aliphatic heterocycles. The number of hydrogen-bond donors (Lipinski definition) is 3. The number of carbonyl (C=O) groups is 1. The van der Waals surface area contributed by atoms with Crippen molar-refractivity contribution in [3.63, 3.8) is 0 Å². The van der Waals surface area contributed by atoms with Gasteiger partial charge in [0.2, 0.25) is 5.91 Å². The fourth-order valence-electron chi connectivity index (χ4n) is 3.76. The van der Waals surface area contributed by atoms with E-state index >= 15 is 0 Å². The summed E-state index contributed by atoms with van der Waals surface area (Å²) in [6.45, 7) is 18.4. The largest absolute Gasteiger partial charge is 0.359 e. The predicted octanol–water partition coefficient (Wildman–Crippen LogP) is 6.99. The summed E-state index contributed by atoms with van der Waals surface area (Å²) in [7, 11) is 0. The number of hydrogen-bond acceptors (Lipinski definition) is 3. The average Bonchev–Trinajstić information content (AvgIpc) is 3.36. The van der Waals surface area contributed by atoms with Gasteiger partial charge in [-0.25, -0.2) is 0 Å². The molecule has 0 heterocycles. The van der Waals surface area contributed by atoms with Gasteiger partial charge < -0.3 is 16.0 Å². The van der Waals surface area contributed by atoms with E-state index in [9.17, 15) is 4.79 Å². The van der Waals surface area contributed by atoms with Crippen LogP contribution in [0.15, 0.2) is 49.2 Å². The molecular formula is C26H32ClN3O. The summed E-state index contributed by atoms with van der Waals surface area (Å²) in [5.41, 5.74) is 8.61. The third kappa shape index (κ3) is 5.13. The van der Waals surface area contributed by atoms with Crippen molar-refractivity contribution in [3.8, 4) is 0 Å². The van der Waals surface area contributed by atoms with E-state index in [2.05, 4.69) is 48.2 Å². The van der Waals surface area contributed by atoms with Crippen LogP contribution in [-0.4, -0.2) is 10.8 Å². The number of carbonyl (C=O) groups excluding carboxylic acids is 1. The molecule has 1 aliphatic rings. The molecular weight excluding hydrogens is 406 g/mol. The first kappa shape index (κ1) is 23.0. The van der Waals surface area contributed by atoms with E-state index in [1.165, 1.54) is 0 Å². The van der Waals surface area contributed by atoms with Gasteiger partial charge in [0, 0.05) is 46.4 Å². The zero-order valence-electron chi connectivity index (χ0n) is 19.1. The van der Waals surface area contributed by atoms with E-state index in [1.807, 2.05) is 45.9 Å². The van der Waals surface area contributed by atoms with E-state index in [0.717, 1.165) is 57.1 Å². The van der Waals surface area contributed by atoms with E-state index in [0.29, 0.717) is 6.42 Å². The normalized spacial score (nSPS) is 19.5. The van der Waals surface area contributed by atoms with Crippen LogP contribution < -0.4 is 16.0 Å². The Kier molecular flexibility index (Phi) is 6.51. The molecule has 0 spiro atoms. The van der Waals surface area contributed by atoms with Crippen molar-refractivity contribution in [2.75, 3.05) is 16.0 Å². The molecule has 5 heteroatoms. The predicted molar refractivity (Wildman–Crippen MR) is 134 cm³/mol. The van der Waals surface area contributed by atoms with Gasteiger partial charge in [-0.15, -0.1) is 11.6 Å². The van der Waals surface area contributed by atoms with Crippen molar-refractivity contribution in [2.45, 2.75) is 52.3 Å². The minimum Gasteiger partial charge on any atom is -0.359 e. The lowest BCUT2D eigenvalue weighted by molar-refractivity contribution is -0.115. The van der Waals surface area contributed by atoms with Crippen LogP contribution in [0.2, 0.25) is 0 Å². The molecule has 2 atom stereocenters. The smallest absolute Gasteiger partial charge is 0.224 e. The van der Waals surface area contributed by atoms with Crippen LogP contribution in [0.3, 0.4) is 0 Å². The molecule has 1 fully saturated rings. The molecule has 2 unspecified atom stereocenters. The SMILES string of the molecule is C=C(Nc1ccc(C)c(NC(=O)CC)c1C)c1cc(NC(=C)C2CC2(C)Cl)ccc1C. The van der Waals surface area contributed by atoms with Gasteiger partial charge in [-0.05, 0) is 69.0 Å². The van der Waals surface area contributed by atoms with Gasteiger partial charge in [0.05, 0.1) is 4.87 Å². The van der Waals surface area contributed by atoms with Gasteiger partial charge in [0.1, 0.15) is 0 Å². The second-order valence-electron chi connectivity index (χ2n) is 8.65. The molecule has 4 nitrogen and oxygen atoms in total. The zero-order valence-corrected chi connectivity index (χ0v) is 19.8. The number of halogens is 1. The minimum atomic E-state index is -0.184. The van der Waals surface area contributed by atoms with Crippen LogP contribution in [0.1, 0.15) is 48.9 Å². The molecule has 0 bridgehead atoms. The van der Waals surface area contributed by atoms with E-state index in [1.54, 1.807) is 0 Å². The highest BCUT2D eigenvalue weighted by Crippen LogP contribution is 2.52. The maximum absolute atomic E-state index is 11.9. The van der Waals surface area contributed by atoms with Gasteiger partial charge in [0.15, 0.2) is 0 Å².